The summed E-state index contributed by atoms with van der Waals surface area (Å²) < 4.78 is 0. The number of rotatable bonds is 5. The standard InChI is InChI=1S/C19H26N2O2/c22-14-17-10-11-21(12-15-6-2-1-3-7-15)13-18(17)20-19(23)16-8-4-5-9-16/h1-7,16-18,22H,8-14H2,(H,20,23). The molecule has 124 valence electrons. The van der Waals surface area contributed by atoms with E-state index in [9.17, 15) is 9.90 Å². The molecule has 2 aliphatic rings. The van der Waals surface area contributed by atoms with Gasteiger partial charge >= 0.3 is 0 Å². The topological polar surface area (TPSA) is 52.6 Å². The van der Waals surface area contributed by atoms with E-state index >= 15 is 0 Å². The number of piperidine rings is 1. The minimum Gasteiger partial charge on any atom is -0.396 e. The highest BCUT2D eigenvalue weighted by molar-refractivity contribution is 5.79. The molecule has 1 aliphatic carbocycles. The Morgan fingerprint density at radius 2 is 1.96 bits per heavy atom. The van der Waals surface area contributed by atoms with Gasteiger partial charge in [-0.2, -0.15) is 0 Å². The minimum atomic E-state index is 0.0468. The van der Waals surface area contributed by atoms with Gasteiger partial charge in [-0.05, 0) is 31.4 Å². The summed E-state index contributed by atoms with van der Waals surface area (Å²) in [5, 5.41) is 12.8. The Balaban J connectivity index is 1.58. The van der Waals surface area contributed by atoms with Crippen molar-refractivity contribution in [1.82, 2.24) is 10.2 Å². The van der Waals surface area contributed by atoms with Crippen LogP contribution in [0.15, 0.2) is 42.5 Å². The van der Waals surface area contributed by atoms with Crippen LogP contribution in [-0.2, 0) is 11.3 Å². The first-order chi connectivity index (χ1) is 11.3. The number of nitrogens with one attached hydrogen (secondary N) is 1. The molecule has 1 heterocycles. The fraction of sp³-hybridized carbons (Fsp3) is 0.526. The maximum atomic E-state index is 12.4. The van der Waals surface area contributed by atoms with Gasteiger partial charge in [0.15, 0.2) is 0 Å². The average molecular weight is 314 g/mol. The van der Waals surface area contributed by atoms with E-state index in [4.69, 9.17) is 0 Å². The zero-order chi connectivity index (χ0) is 16.1. The lowest BCUT2D eigenvalue weighted by molar-refractivity contribution is -0.126. The van der Waals surface area contributed by atoms with Crippen LogP contribution in [0.1, 0.15) is 24.8 Å². The lowest BCUT2D eigenvalue weighted by Crippen LogP contribution is -2.54. The third-order valence-electron chi connectivity index (χ3n) is 5.03. The number of hydrogen-bond donors (Lipinski definition) is 2. The van der Waals surface area contributed by atoms with Crippen molar-refractivity contribution in [3.8, 4) is 0 Å². The predicted molar refractivity (Wildman–Crippen MR) is 90.7 cm³/mol. The molecular weight excluding hydrogens is 288 g/mol. The van der Waals surface area contributed by atoms with E-state index < -0.39 is 0 Å². The molecule has 1 fully saturated rings. The van der Waals surface area contributed by atoms with Crippen molar-refractivity contribution in [3.05, 3.63) is 48.0 Å². The van der Waals surface area contributed by atoms with Crippen LogP contribution < -0.4 is 5.32 Å². The van der Waals surface area contributed by atoms with Crippen LogP contribution in [0.2, 0.25) is 0 Å². The predicted octanol–water partition coefficient (Wildman–Crippen LogP) is 1.95. The molecule has 0 radical (unpaired) electrons. The van der Waals surface area contributed by atoms with Gasteiger partial charge in [-0.25, -0.2) is 0 Å². The molecule has 23 heavy (non-hydrogen) atoms. The van der Waals surface area contributed by atoms with Crippen molar-refractivity contribution in [2.75, 3.05) is 19.7 Å². The Hall–Kier alpha value is -1.65. The molecule has 1 amide bonds. The Morgan fingerprint density at radius 1 is 1.22 bits per heavy atom. The second-order valence-corrected chi connectivity index (χ2v) is 6.71. The molecule has 2 atom stereocenters. The molecule has 0 bridgehead atoms. The van der Waals surface area contributed by atoms with Gasteiger partial charge in [-0.3, -0.25) is 9.69 Å². The zero-order valence-corrected chi connectivity index (χ0v) is 13.5. The SMILES string of the molecule is O=C(NC1CN(Cc2ccccc2)CCC1CO)C1CC=CC1. The van der Waals surface area contributed by atoms with Crippen LogP contribution in [0, 0.1) is 11.8 Å². The molecular formula is C19H26N2O2. The lowest BCUT2D eigenvalue weighted by atomic mass is 9.91. The maximum absolute atomic E-state index is 12.4. The largest absolute Gasteiger partial charge is 0.396 e. The maximum Gasteiger partial charge on any atom is 0.224 e. The molecule has 0 spiro atoms. The molecule has 4 nitrogen and oxygen atoms in total. The van der Waals surface area contributed by atoms with E-state index in [-0.39, 0.29) is 30.4 Å². The highest BCUT2D eigenvalue weighted by Crippen LogP contribution is 2.22. The number of likely N-dealkylation sites (tertiary alicyclic amines) is 1. The molecule has 2 N–H and O–H groups in total. The van der Waals surface area contributed by atoms with E-state index in [0.29, 0.717) is 0 Å². The number of nitrogens with zero attached hydrogens (tertiary/aromatic N) is 1. The Kier molecular flexibility index (Phi) is 5.47. The molecule has 0 aromatic heterocycles. The van der Waals surface area contributed by atoms with Gasteiger partial charge in [0.05, 0.1) is 0 Å². The Bertz CT molecular complexity index is 536. The Labute approximate surface area is 138 Å². The van der Waals surface area contributed by atoms with E-state index in [1.54, 1.807) is 0 Å². The van der Waals surface area contributed by atoms with Gasteiger partial charge in [0.25, 0.3) is 0 Å². The summed E-state index contributed by atoms with van der Waals surface area (Å²) in [6, 6.07) is 10.5. The monoisotopic (exact) mass is 314 g/mol. The summed E-state index contributed by atoms with van der Waals surface area (Å²) in [6.07, 6.45) is 6.77. The molecule has 1 saturated heterocycles. The van der Waals surface area contributed by atoms with E-state index in [1.165, 1.54) is 5.56 Å². The van der Waals surface area contributed by atoms with Crippen molar-refractivity contribution in [3.63, 3.8) is 0 Å². The summed E-state index contributed by atoms with van der Waals surface area (Å²) in [5.41, 5.74) is 1.29. The second-order valence-electron chi connectivity index (χ2n) is 6.71. The first kappa shape index (κ1) is 16.2. The van der Waals surface area contributed by atoms with Crippen LogP contribution in [-0.4, -0.2) is 41.7 Å². The number of hydrogen-bond acceptors (Lipinski definition) is 3. The lowest BCUT2D eigenvalue weighted by Gasteiger charge is -2.38. The fourth-order valence-electron chi connectivity index (χ4n) is 3.57. The van der Waals surface area contributed by atoms with Crippen LogP contribution in [0.3, 0.4) is 0 Å². The first-order valence-electron chi connectivity index (χ1n) is 8.59. The molecule has 2 unspecified atom stereocenters. The number of carbonyl (C=O) groups is 1. The van der Waals surface area contributed by atoms with Crippen LogP contribution in [0.4, 0.5) is 0 Å². The summed E-state index contributed by atoms with van der Waals surface area (Å²) in [5.74, 6) is 0.388. The van der Waals surface area contributed by atoms with Gasteiger partial charge in [-0.15, -0.1) is 0 Å². The van der Waals surface area contributed by atoms with Gasteiger partial charge < -0.3 is 10.4 Å². The number of amides is 1. The van der Waals surface area contributed by atoms with E-state index in [0.717, 1.165) is 38.9 Å². The summed E-state index contributed by atoms with van der Waals surface area (Å²) in [4.78, 5) is 14.8. The highest BCUT2D eigenvalue weighted by Gasteiger charge is 2.31. The molecule has 3 rings (SSSR count). The summed E-state index contributed by atoms with van der Waals surface area (Å²) >= 11 is 0. The van der Waals surface area contributed by atoms with Gasteiger partial charge in [-0.1, -0.05) is 42.5 Å². The van der Waals surface area contributed by atoms with Crippen molar-refractivity contribution >= 4 is 5.91 Å². The van der Waals surface area contributed by atoms with Gasteiger partial charge in [0.1, 0.15) is 0 Å². The van der Waals surface area contributed by atoms with Crippen molar-refractivity contribution in [2.24, 2.45) is 11.8 Å². The van der Waals surface area contributed by atoms with Gasteiger partial charge in [0.2, 0.25) is 5.91 Å². The Morgan fingerprint density at radius 3 is 2.65 bits per heavy atom. The number of carbonyl (C=O) groups excluding carboxylic acids is 1. The van der Waals surface area contributed by atoms with E-state index in [2.05, 4.69) is 46.6 Å². The van der Waals surface area contributed by atoms with Crippen LogP contribution in [0.5, 0.6) is 0 Å². The number of aliphatic hydroxyl groups excluding tert-OH is 1. The number of benzene rings is 1. The number of aliphatic hydroxyl groups is 1. The van der Waals surface area contributed by atoms with Crippen LogP contribution in [0.25, 0.3) is 0 Å². The first-order valence-corrected chi connectivity index (χ1v) is 8.59. The van der Waals surface area contributed by atoms with Crippen molar-refractivity contribution < 1.29 is 9.90 Å². The zero-order valence-electron chi connectivity index (χ0n) is 13.5. The smallest absolute Gasteiger partial charge is 0.224 e. The van der Waals surface area contributed by atoms with Gasteiger partial charge in [0, 0.05) is 37.6 Å². The third kappa shape index (κ3) is 4.21. The molecule has 1 aromatic carbocycles. The third-order valence-corrected chi connectivity index (χ3v) is 5.03. The summed E-state index contributed by atoms with van der Waals surface area (Å²) in [7, 11) is 0. The van der Waals surface area contributed by atoms with E-state index in [1.807, 2.05) is 6.07 Å². The van der Waals surface area contributed by atoms with Crippen molar-refractivity contribution in [2.45, 2.75) is 31.8 Å². The highest BCUT2D eigenvalue weighted by atomic mass is 16.3. The minimum absolute atomic E-state index is 0.0468. The normalized spacial score (nSPS) is 25.6. The fourth-order valence-corrected chi connectivity index (χ4v) is 3.57. The molecule has 0 saturated carbocycles. The molecule has 1 aromatic rings. The number of allylic oxidation sites excluding steroid dienone is 2. The second kappa shape index (κ2) is 7.75. The van der Waals surface area contributed by atoms with Crippen molar-refractivity contribution in [1.29, 1.82) is 0 Å². The summed E-state index contributed by atoms with van der Waals surface area (Å²) in [6.45, 7) is 2.83. The van der Waals surface area contributed by atoms with Crippen LogP contribution >= 0.6 is 0 Å². The molecule has 4 heteroatoms. The quantitative estimate of drug-likeness (QED) is 0.817. The molecule has 1 aliphatic heterocycles. The average Bonchev–Trinajstić information content (AvgIpc) is 3.11.